The predicted molar refractivity (Wildman–Crippen MR) is 140 cm³/mol. The number of anilines is 1. The van der Waals surface area contributed by atoms with E-state index in [4.69, 9.17) is 16.3 Å². The highest BCUT2D eigenvalue weighted by Gasteiger charge is 2.37. The summed E-state index contributed by atoms with van der Waals surface area (Å²) in [5.74, 6) is -0.958. The Hall–Kier alpha value is -3.42. The number of urea groups is 1. The number of hydrogen-bond donors (Lipinski definition) is 1. The molecule has 3 aromatic rings. The van der Waals surface area contributed by atoms with E-state index in [1.54, 1.807) is 25.1 Å². The van der Waals surface area contributed by atoms with Gasteiger partial charge < -0.3 is 4.74 Å². The fourth-order valence-corrected chi connectivity index (χ4v) is 4.61. The highest BCUT2D eigenvalue weighted by atomic mass is 79.9. The Bertz CT molecular complexity index is 1400. The van der Waals surface area contributed by atoms with Gasteiger partial charge in [0.2, 0.25) is 0 Å². The second-order valence-corrected chi connectivity index (χ2v) is 9.46. The summed E-state index contributed by atoms with van der Waals surface area (Å²) in [5.41, 5.74) is 4.15. The van der Waals surface area contributed by atoms with Crippen LogP contribution >= 0.6 is 27.5 Å². The van der Waals surface area contributed by atoms with Crippen LogP contribution in [-0.4, -0.2) is 25.0 Å². The fraction of sp³-hybridized carbons (Fsp3) is 0.148. The first-order valence-corrected chi connectivity index (χ1v) is 11.9. The summed E-state index contributed by atoms with van der Waals surface area (Å²) < 4.78 is 6.53. The number of nitrogens with one attached hydrogen (secondary N) is 1. The van der Waals surface area contributed by atoms with Crippen LogP contribution in [0.2, 0.25) is 5.02 Å². The standard InChI is InChI=1S/C27H22BrClN2O4/c1-15-8-9-16(2)23(10-15)31-26(33)20(25(32)30-27(31)34)11-17-12-22(29)19(24(13-17)35-3)14-18-6-4-5-7-21(18)28/h4-13H,14H2,1-3H3,(H,30,32,34)/b20-11+. The van der Waals surface area contributed by atoms with Crippen molar-refractivity contribution in [2.24, 2.45) is 0 Å². The molecule has 0 aromatic heterocycles. The molecule has 0 bridgehead atoms. The van der Waals surface area contributed by atoms with Gasteiger partial charge in [0, 0.05) is 21.5 Å². The zero-order valence-electron chi connectivity index (χ0n) is 19.3. The summed E-state index contributed by atoms with van der Waals surface area (Å²) in [7, 11) is 1.53. The molecule has 178 valence electrons. The van der Waals surface area contributed by atoms with Crippen molar-refractivity contribution in [2.75, 3.05) is 12.0 Å². The predicted octanol–water partition coefficient (Wildman–Crippen LogP) is 5.99. The third-order valence-corrected chi connectivity index (χ3v) is 6.85. The molecule has 1 saturated heterocycles. The van der Waals surface area contributed by atoms with Crippen molar-refractivity contribution in [1.29, 1.82) is 0 Å². The van der Waals surface area contributed by atoms with E-state index in [9.17, 15) is 14.4 Å². The number of amides is 4. The van der Waals surface area contributed by atoms with Gasteiger partial charge in [-0.3, -0.25) is 14.9 Å². The molecule has 1 aliphatic rings. The second-order valence-electron chi connectivity index (χ2n) is 8.20. The summed E-state index contributed by atoms with van der Waals surface area (Å²) in [4.78, 5) is 39.5. The summed E-state index contributed by atoms with van der Waals surface area (Å²) in [6.07, 6.45) is 1.94. The number of ether oxygens (including phenoxy) is 1. The normalized spacial score (nSPS) is 14.9. The Morgan fingerprint density at radius 3 is 2.51 bits per heavy atom. The molecule has 35 heavy (non-hydrogen) atoms. The maximum atomic E-state index is 13.3. The number of carbonyl (C=O) groups is 3. The highest BCUT2D eigenvalue weighted by molar-refractivity contribution is 9.10. The number of rotatable bonds is 5. The molecule has 0 atom stereocenters. The van der Waals surface area contributed by atoms with Crippen LogP contribution in [-0.2, 0) is 16.0 Å². The monoisotopic (exact) mass is 552 g/mol. The van der Waals surface area contributed by atoms with Crippen LogP contribution in [0, 0.1) is 13.8 Å². The Labute approximate surface area is 216 Å². The van der Waals surface area contributed by atoms with Crippen LogP contribution in [0.25, 0.3) is 6.08 Å². The number of carbonyl (C=O) groups excluding carboxylic acids is 3. The van der Waals surface area contributed by atoms with Crippen LogP contribution in [0.5, 0.6) is 5.75 Å². The van der Waals surface area contributed by atoms with Crippen molar-refractivity contribution in [1.82, 2.24) is 5.32 Å². The molecule has 4 amide bonds. The number of hydrogen-bond acceptors (Lipinski definition) is 4. The number of nitrogens with zero attached hydrogens (tertiary/aromatic N) is 1. The molecule has 1 N–H and O–H groups in total. The second kappa shape index (κ2) is 10.1. The maximum absolute atomic E-state index is 13.3. The Balaban J connectivity index is 1.73. The Morgan fingerprint density at radius 2 is 1.80 bits per heavy atom. The molecule has 8 heteroatoms. The highest BCUT2D eigenvalue weighted by Crippen LogP contribution is 2.34. The number of imide groups is 2. The number of methoxy groups -OCH3 is 1. The SMILES string of the molecule is COc1cc(/C=C2\C(=O)NC(=O)N(c3cc(C)ccc3C)C2=O)cc(Cl)c1Cc1ccccc1Br. The minimum atomic E-state index is -0.787. The van der Waals surface area contributed by atoms with E-state index in [0.29, 0.717) is 28.4 Å². The van der Waals surface area contributed by atoms with Gasteiger partial charge in [0.1, 0.15) is 11.3 Å². The summed E-state index contributed by atoms with van der Waals surface area (Å²) in [6, 6.07) is 15.8. The van der Waals surface area contributed by atoms with Crippen molar-refractivity contribution in [3.8, 4) is 5.75 Å². The molecule has 6 nitrogen and oxygen atoms in total. The minimum Gasteiger partial charge on any atom is -0.496 e. The lowest BCUT2D eigenvalue weighted by Gasteiger charge is -2.28. The lowest BCUT2D eigenvalue weighted by Crippen LogP contribution is -2.54. The van der Waals surface area contributed by atoms with Crippen molar-refractivity contribution in [2.45, 2.75) is 20.3 Å². The van der Waals surface area contributed by atoms with E-state index in [0.717, 1.165) is 31.6 Å². The van der Waals surface area contributed by atoms with Gasteiger partial charge in [0.25, 0.3) is 11.8 Å². The number of aryl methyl sites for hydroxylation is 2. The average molecular weight is 554 g/mol. The molecular formula is C27H22BrClN2O4. The third kappa shape index (κ3) is 5.01. The van der Waals surface area contributed by atoms with Gasteiger partial charge >= 0.3 is 6.03 Å². The molecule has 0 aliphatic carbocycles. The lowest BCUT2D eigenvalue weighted by molar-refractivity contribution is -0.122. The van der Waals surface area contributed by atoms with Crippen LogP contribution in [0.4, 0.5) is 10.5 Å². The first-order chi connectivity index (χ1) is 16.7. The van der Waals surface area contributed by atoms with E-state index < -0.39 is 17.8 Å². The van der Waals surface area contributed by atoms with Gasteiger partial charge in [-0.15, -0.1) is 0 Å². The fourth-order valence-electron chi connectivity index (χ4n) is 3.90. The lowest BCUT2D eigenvalue weighted by atomic mass is 10.00. The van der Waals surface area contributed by atoms with Crippen molar-refractivity contribution < 1.29 is 19.1 Å². The number of barbiturate groups is 1. The summed E-state index contributed by atoms with van der Waals surface area (Å²) in [6.45, 7) is 3.66. The zero-order valence-corrected chi connectivity index (χ0v) is 21.7. The molecule has 1 fully saturated rings. The Morgan fingerprint density at radius 1 is 1.06 bits per heavy atom. The first-order valence-electron chi connectivity index (χ1n) is 10.8. The number of halogens is 2. The van der Waals surface area contributed by atoms with Gasteiger partial charge in [-0.1, -0.05) is 57.9 Å². The topological polar surface area (TPSA) is 75.7 Å². The third-order valence-electron chi connectivity index (χ3n) is 5.74. The molecule has 3 aromatic carbocycles. The van der Waals surface area contributed by atoms with Gasteiger partial charge in [-0.2, -0.15) is 0 Å². The van der Waals surface area contributed by atoms with Crippen LogP contribution in [0.3, 0.4) is 0 Å². The van der Waals surface area contributed by atoms with E-state index in [1.165, 1.54) is 13.2 Å². The van der Waals surface area contributed by atoms with Gasteiger partial charge in [-0.05, 0) is 66.4 Å². The molecule has 4 rings (SSSR count). The molecule has 0 spiro atoms. The quantitative estimate of drug-likeness (QED) is 0.311. The van der Waals surface area contributed by atoms with Crippen molar-refractivity contribution in [3.63, 3.8) is 0 Å². The average Bonchev–Trinajstić information content (AvgIpc) is 2.81. The van der Waals surface area contributed by atoms with E-state index in [1.807, 2.05) is 43.3 Å². The van der Waals surface area contributed by atoms with E-state index >= 15 is 0 Å². The molecule has 0 unspecified atom stereocenters. The maximum Gasteiger partial charge on any atom is 0.335 e. The largest absolute Gasteiger partial charge is 0.496 e. The minimum absolute atomic E-state index is 0.179. The zero-order chi connectivity index (χ0) is 25.3. The summed E-state index contributed by atoms with van der Waals surface area (Å²) in [5, 5.41) is 2.69. The molecule has 1 aliphatic heterocycles. The van der Waals surface area contributed by atoms with E-state index in [-0.39, 0.29) is 5.57 Å². The van der Waals surface area contributed by atoms with Crippen LogP contribution < -0.4 is 15.0 Å². The van der Waals surface area contributed by atoms with Gasteiger partial charge in [-0.25, -0.2) is 9.69 Å². The van der Waals surface area contributed by atoms with Crippen LogP contribution in [0.1, 0.15) is 27.8 Å². The first kappa shape index (κ1) is 24.7. The summed E-state index contributed by atoms with van der Waals surface area (Å²) >= 11 is 10.2. The van der Waals surface area contributed by atoms with Crippen molar-refractivity contribution in [3.05, 3.63) is 97.5 Å². The molecular weight excluding hydrogens is 532 g/mol. The van der Waals surface area contributed by atoms with E-state index in [2.05, 4.69) is 21.2 Å². The van der Waals surface area contributed by atoms with Gasteiger partial charge in [0.15, 0.2) is 0 Å². The van der Waals surface area contributed by atoms with Crippen molar-refractivity contribution >= 4 is 57.1 Å². The molecule has 1 heterocycles. The Kier molecular flexibility index (Phi) is 7.10. The number of benzene rings is 3. The smallest absolute Gasteiger partial charge is 0.335 e. The van der Waals surface area contributed by atoms with Crippen LogP contribution in [0.15, 0.2) is 64.6 Å². The van der Waals surface area contributed by atoms with Gasteiger partial charge in [0.05, 0.1) is 12.8 Å². The molecule has 0 radical (unpaired) electrons. The molecule has 0 saturated carbocycles.